The smallest absolute Gasteiger partial charge is 0.364 e. The van der Waals surface area contributed by atoms with Crippen molar-refractivity contribution in [2.75, 3.05) is 5.32 Å². The second-order valence-electron chi connectivity index (χ2n) is 5.95. The van der Waals surface area contributed by atoms with E-state index in [1.165, 1.54) is 0 Å². The van der Waals surface area contributed by atoms with E-state index >= 15 is 0 Å². The van der Waals surface area contributed by atoms with Crippen LogP contribution in [0.15, 0.2) is 29.4 Å². The average molecular weight is 385 g/mol. The fraction of sp³-hybridized carbons (Fsp3) is 0.438. The summed E-state index contributed by atoms with van der Waals surface area (Å²) in [6.45, 7) is 8.28. The molecule has 26 heavy (non-hydrogen) atoms. The number of carbonyl (C=O) groups excluding carboxylic acids is 2. The van der Waals surface area contributed by atoms with Crippen molar-refractivity contribution in [1.82, 2.24) is 0 Å². The highest BCUT2D eigenvalue weighted by atomic mass is 31.2. The minimum atomic E-state index is -4.17. The van der Waals surface area contributed by atoms with E-state index in [2.05, 4.69) is 15.3 Å². The van der Waals surface area contributed by atoms with Crippen molar-refractivity contribution in [3.63, 3.8) is 0 Å². The normalized spacial score (nSPS) is 12.3. The number of aryl methyl sites for hydroxylation is 1. The van der Waals surface area contributed by atoms with Crippen molar-refractivity contribution in [2.24, 2.45) is 10.9 Å². The van der Waals surface area contributed by atoms with Gasteiger partial charge in [0.2, 0.25) is 0 Å². The molecule has 0 aliphatic rings. The summed E-state index contributed by atoms with van der Waals surface area (Å²) in [5.74, 6) is -1.18. The minimum Gasteiger partial charge on any atom is -0.364 e. The quantitative estimate of drug-likeness (QED) is 0.305. The SMILES string of the molecule is Cc1ccc(NC(=O)ON=C(C(N)=O)P(=O)(OC(C)C)OC(C)C)cc1. The predicted molar refractivity (Wildman–Crippen MR) is 98.0 cm³/mol. The molecule has 0 aromatic heterocycles. The lowest BCUT2D eigenvalue weighted by Gasteiger charge is -2.21. The summed E-state index contributed by atoms with van der Waals surface area (Å²) in [5.41, 5.74) is 5.89. The lowest BCUT2D eigenvalue weighted by atomic mass is 10.2. The lowest BCUT2D eigenvalue weighted by Crippen LogP contribution is -2.28. The number of nitrogens with zero attached hydrogens (tertiary/aromatic N) is 1. The molecule has 3 N–H and O–H groups in total. The molecule has 0 heterocycles. The van der Waals surface area contributed by atoms with Gasteiger partial charge in [0.15, 0.2) is 0 Å². The maximum atomic E-state index is 12.9. The monoisotopic (exact) mass is 385 g/mol. The summed E-state index contributed by atoms with van der Waals surface area (Å²) >= 11 is 0. The van der Waals surface area contributed by atoms with Crippen molar-refractivity contribution in [3.8, 4) is 0 Å². The van der Waals surface area contributed by atoms with Gasteiger partial charge in [-0.25, -0.2) is 4.79 Å². The van der Waals surface area contributed by atoms with Crippen molar-refractivity contribution in [2.45, 2.75) is 46.8 Å². The molecule has 0 saturated carbocycles. The van der Waals surface area contributed by atoms with Gasteiger partial charge in [-0.1, -0.05) is 22.9 Å². The summed E-state index contributed by atoms with van der Waals surface area (Å²) in [6, 6.07) is 6.89. The van der Waals surface area contributed by atoms with E-state index in [1.54, 1.807) is 52.0 Å². The van der Waals surface area contributed by atoms with Crippen molar-refractivity contribution in [3.05, 3.63) is 29.8 Å². The third kappa shape index (κ3) is 6.95. The highest BCUT2D eigenvalue weighted by Crippen LogP contribution is 2.52. The molecule has 0 aliphatic heterocycles. The standard InChI is InChI=1S/C16H24N3O6P/c1-10(2)24-26(22,25-11(3)4)15(14(17)20)19-23-16(21)18-13-8-6-12(5)7-9-13/h6-11H,1-5H3,(H2,17,20)(H,18,21). The number of primary amides is 1. The maximum Gasteiger partial charge on any atom is 0.437 e. The molecule has 1 aromatic rings. The number of amides is 2. The molecule has 1 aromatic carbocycles. The molecular formula is C16H24N3O6P. The first-order chi connectivity index (χ1) is 12.0. The van der Waals surface area contributed by atoms with E-state index < -0.39 is 37.3 Å². The van der Waals surface area contributed by atoms with Gasteiger partial charge in [0.05, 0.1) is 12.2 Å². The van der Waals surface area contributed by atoms with Crippen LogP contribution < -0.4 is 11.1 Å². The zero-order chi connectivity index (χ0) is 19.9. The van der Waals surface area contributed by atoms with Crippen LogP contribution in [0.1, 0.15) is 33.3 Å². The van der Waals surface area contributed by atoms with Crippen LogP contribution in [0.2, 0.25) is 0 Å². The number of anilines is 1. The third-order valence-electron chi connectivity index (χ3n) is 2.69. The lowest BCUT2D eigenvalue weighted by molar-refractivity contribution is -0.111. The van der Waals surface area contributed by atoms with E-state index in [0.29, 0.717) is 5.69 Å². The molecule has 144 valence electrons. The molecule has 1 rings (SSSR count). The van der Waals surface area contributed by atoms with Gasteiger partial charge < -0.3 is 14.8 Å². The van der Waals surface area contributed by atoms with Crippen LogP contribution in [0.4, 0.5) is 10.5 Å². The zero-order valence-corrected chi connectivity index (χ0v) is 16.3. The van der Waals surface area contributed by atoms with E-state index in [1.807, 2.05) is 6.92 Å². The second kappa shape index (κ2) is 9.47. The first-order valence-electron chi connectivity index (χ1n) is 7.93. The van der Waals surface area contributed by atoms with E-state index in [0.717, 1.165) is 5.56 Å². The molecule has 0 unspecified atom stereocenters. The summed E-state index contributed by atoms with van der Waals surface area (Å²) in [6.07, 6.45) is -2.09. The molecule has 10 heteroatoms. The first-order valence-corrected chi connectivity index (χ1v) is 9.47. The Hall–Kier alpha value is -2.22. The van der Waals surface area contributed by atoms with Crippen LogP contribution >= 0.6 is 7.60 Å². The Morgan fingerprint density at radius 2 is 1.58 bits per heavy atom. The summed E-state index contributed by atoms with van der Waals surface area (Å²) in [5, 5.41) is 5.74. The summed E-state index contributed by atoms with van der Waals surface area (Å²) < 4.78 is 23.3. The summed E-state index contributed by atoms with van der Waals surface area (Å²) in [4.78, 5) is 28.1. The van der Waals surface area contributed by atoms with Crippen LogP contribution in [0.25, 0.3) is 0 Å². The van der Waals surface area contributed by atoms with Crippen molar-refractivity contribution in [1.29, 1.82) is 0 Å². The van der Waals surface area contributed by atoms with Gasteiger partial charge in [0.25, 0.3) is 11.4 Å². The fourth-order valence-electron chi connectivity index (χ4n) is 1.77. The van der Waals surface area contributed by atoms with Crippen LogP contribution in [-0.4, -0.2) is 29.7 Å². The molecule has 0 saturated heterocycles. The predicted octanol–water partition coefficient (Wildman–Crippen LogP) is 3.39. The van der Waals surface area contributed by atoms with E-state index in [4.69, 9.17) is 14.8 Å². The molecule has 0 aliphatic carbocycles. The number of hydrogen-bond donors (Lipinski definition) is 2. The second-order valence-corrected chi connectivity index (χ2v) is 7.79. The first kappa shape index (κ1) is 21.8. The van der Waals surface area contributed by atoms with Crippen LogP contribution in [0.5, 0.6) is 0 Å². The molecule has 0 spiro atoms. The Labute approximate surface area is 152 Å². The molecule has 0 radical (unpaired) electrons. The Morgan fingerprint density at radius 3 is 2.00 bits per heavy atom. The molecule has 0 bridgehead atoms. The third-order valence-corrected chi connectivity index (χ3v) is 4.91. The number of oxime groups is 1. The van der Waals surface area contributed by atoms with Crippen LogP contribution in [0, 0.1) is 6.92 Å². The van der Waals surface area contributed by atoms with Gasteiger partial charge in [0, 0.05) is 5.69 Å². The highest BCUT2D eigenvalue weighted by Gasteiger charge is 2.39. The van der Waals surface area contributed by atoms with Crippen LogP contribution in [0.3, 0.4) is 0 Å². The number of nitrogens with two attached hydrogens (primary N) is 1. The van der Waals surface area contributed by atoms with Gasteiger partial charge in [-0.3, -0.25) is 19.5 Å². The molecule has 0 atom stereocenters. The topological polar surface area (TPSA) is 129 Å². The number of carbonyl (C=O) groups is 2. The Bertz CT molecular complexity index is 701. The van der Waals surface area contributed by atoms with Gasteiger partial charge in [-0.05, 0) is 46.8 Å². The van der Waals surface area contributed by atoms with Gasteiger partial charge in [-0.2, -0.15) is 0 Å². The number of benzene rings is 1. The average Bonchev–Trinajstić information content (AvgIpc) is 2.47. The number of hydrogen-bond acceptors (Lipinski definition) is 7. The molecule has 0 fully saturated rings. The van der Waals surface area contributed by atoms with Crippen molar-refractivity contribution >= 4 is 30.7 Å². The Morgan fingerprint density at radius 1 is 1.08 bits per heavy atom. The van der Waals surface area contributed by atoms with Gasteiger partial charge in [-0.15, -0.1) is 0 Å². The van der Waals surface area contributed by atoms with Crippen molar-refractivity contribution < 1.29 is 28.0 Å². The summed E-state index contributed by atoms with van der Waals surface area (Å²) in [7, 11) is -4.17. The number of nitrogens with one attached hydrogen (secondary N) is 1. The van der Waals surface area contributed by atoms with E-state index in [9.17, 15) is 14.2 Å². The minimum absolute atomic E-state index is 0.455. The fourth-order valence-corrected chi connectivity index (χ4v) is 3.54. The largest absolute Gasteiger partial charge is 0.437 e. The zero-order valence-electron chi connectivity index (χ0n) is 15.4. The Balaban J connectivity index is 2.98. The Kier molecular flexibility index (Phi) is 7.95. The maximum absolute atomic E-state index is 12.9. The molecule has 2 amide bonds. The van der Waals surface area contributed by atoms with Gasteiger partial charge >= 0.3 is 13.7 Å². The molecular weight excluding hydrogens is 361 g/mol. The van der Waals surface area contributed by atoms with Gasteiger partial charge in [0.1, 0.15) is 0 Å². The highest BCUT2D eigenvalue weighted by molar-refractivity contribution is 7.75. The molecule has 9 nitrogen and oxygen atoms in total. The van der Waals surface area contributed by atoms with E-state index in [-0.39, 0.29) is 0 Å². The van der Waals surface area contributed by atoms with Crippen LogP contribution in [-0.2, 0) is 23.2 Å². The number of rotatable bonds is 8.